The molecule has 0 spiro atoms. The van der Waals surface area contributed by atoms with Crippen molar-refractivity contribution in [1.82, 2.24) is 9.80 Å². The van der Waals surface area contributed by atoms with Crippen LogP contribution < -0.4 is 0 Å². The first-order valence-corrected chi connectivity index (χ1v) is 8.30. The minimum Gasteiger partial charge on any atom is -0.340 e. The molecule has 1 aliphatic carbocycles. The lowest BCUT2D eigenvalue weighted by Gasteiger charge is -2.41. The monoisotopic (exact) mass is 291 g/mol. The van der Waals surface area contributed by atoms with E-state index in [2.05, 4.69) is 31.7 Å². The van der Waals surface area contributed by atoms with Crippen molar-refractivity contribution in [3.63, 3.8) is 0 Å². The van der Waals surface area contributed by atoms with Gasteiger partial charge in [-0.1, -0.05) is 20.8 Å². The Labute approximate surface area is 129 Å². The molecule has 2 aliphatic rings. The average molecular weight is 291 g/mol. The van der Waals surface area contributed by atoms with Crippen LogP contribution in [0.15, 0.2) is 0 Å². The fourth-order valence-corrected chi connectivity index (χ4v) is 3.47. The highest BCUT2D eigenvalue weighted by Crippen LogP contribution is 2.28. The summed E-state index contributed by atoms with van der Waals surface area (Å²) in [6.07, 6.45) is 5.03. The van der Waals surface area contributed by atoms with Gasteiger partial charge in [0.1, 0.15) is 0 Å². The Morgan fingerprint density at radius 1 is 1.10 bits per heavy atom. The molecule has 0 radical (unpaired) electrons. The topological polar surface area (TPSA) is 47.3 Å². The van der Waals surface area contributed by atoms with Crippen molar-refractivity contribution >= 4 is 5.91 Å². The molecule has 1 saturated heterocycles. The number of carbonyl (C=O) groups excluding carboxylic acids is 1. The Balaban J connectivity index is 1.76. The van der Waals surface area contributed by atoms with Gasteiger partial charge in [-0.25, -0.2) is 0 Å². The molecule has 0 atom stereocenters. The fraction of sp³-hybridized carbons (Fsp3) is 0.882. The van der Waals surface area contributed by atoms with Crippen molar-refractivity contribution in [2.24, 2.45) is 11.3 Å². The molecule has 1 aliphatic heterocycles. The molecule has 0 aromatic heterocycles. The quantitative estimate of drug-likeness (QED) is 0.786. The van der Waals surface area contributed by atoms with Crippen LogP contribution in [0.4, 0.5) is 0 Å². The Bertz CT molecular complexity index is 391. The van der Waals surface area contributed by atoms with Crippen LogP contribution in [0.2, 0.25) is 0 Å². The summed E-state index contributed by atoms with van der Waals surface area (Å²) >= 11 is 0. The van der Waals surface area contributed by atoms with E-state index in [1.807, 2.05) is 4.90 Å². The molecule has 2 rings (SSSR count). The summed E-state index contributed by atoms with van der Waals surface area (Å²) in [6.45, 7) is 10.1. The maximum atomic E-state index is 12.2. The van der Waals surface area contributed by atoms with E-state index in [1.54, 1.807) is 0 Å². The number of carbonyl (C=O) groups is 1. The summed E-state index contributed by atoms with van der Waals surface area (Å²) in [4.78, 5) is 16.8. The molecule has 2 fully saturated rings. The summed E-state index contributed by atoms with van der Waals surface area (Å²) in [6, 6.07) is 3.03. The van der Waals surface area contributed by atoms with E-state index in [-0.39, 0.29) is 11.3 Å². The number of nitrogens with zero attached hydrogens (tertiary/aromatic N) is 3. The summed E-state index contributed by atoms with van der Waals surface area (Å²) < 4.78 is 0. The van der Waals surface area contributed by atoms with Gasteiger partial charge in [0.05, 0.1) is 6.07 Å². The number of amides is 1. The lowest BCUT2D eigenvalue weighted by Crippen LogP contribution is -2.53. The fourth-order valence-electron chi connectivity index (χ4n) is 3.47. The second-order valence-corrected chi connectivity index (χ2v) is 7.79. The van der Waals surface area contributed by atoms with Crippen molar-refractivity contribution in [3.05, 3.63) is 0 Å². The SMILES string of the molecule is CC(C)(C)CC(=O)N1CCN([C@H]2CC[C@H](C#N)CC2)CC1. The third kappa shape index (κ3) is 4.71. The first-order valence-electron chi connectivity index (χ1n) is 8.30. The molecule has 4 nitrogen and oxygen atoms in total. The van der Waals surface area contributed by atoms with Gasteiger partial charge in [0.2, 0.25) is 5.91 Å². The predicted molar refractivity (Wildman–Crippen MR) is 83.6 cm³/mol. The molecule has 0 aromatic rings. The van der Waals surface area contributed by atoms with Gasteiger partial charge in [-0.15, -0.1) is 0 Å². The Kier molecular flexibility index (Phi) is 5.27. The van der Waals surface area contributed by atoms with Crippen LogP contribution in [0.25, 0.3) is 0 Å². The van der Waals surface area contributed by atoms with Crippen LogP contribution in [0, 0.1) is 22.7 Å². The maximum Gasteiger partial charge on any atom is 0.223 e. The summed E-state index contributed by atoms with van der Waals surface area (Å²) in [7, 11) is 0. The van der Waals surface area contributed by atoms with E-state index >= 15 is 0 Å². The van der Waals surface area contributed by atoms with Gasteiger partial charge >= 0.3 is 0 Å². The van der Waals surface area contributed by atoms with E-state index in [9.17, 15) is 4.79 Å². The van der Waals surface area contributed by atoms with Crippen molar-refractivity contribution in [2.45, 2.75) is 58.9 Å². The molecule has 1 saturated carbocycles. The van der Waals surface area contributed by atoms with Crippen LogP contribution in [0.3, 0.4) is 0 Å². The van der Waals surface area contributed by atoms with E-state index in [4.69, 9.17) is 5.26 Å². The van der Waals surface area contributed by atoms with E-state index < -0.39 is 0 Å². The Hall–Kier alpha value is -1.08. The summed E-state index contributed by atoms with van der Waals surface area (Å²) in [5, 5.41) is 8.97. The van der Waals surface area contributed by atoms with Gasteiger partial charge in [-0.2, -0.15) is 5.26 Å². The molecule has 0 bridgehead atoms. The highest BCUT2D eigenvalue weighted by atomic mass is 16.2. The molecule has 118 valence electrons. The second-order valence-electron chi connectivity index (χ2n) is 7.79. The van der Waals surface area contributed by atoms with Gasteiger partial charge in [-0.3, -0.25) is 9.69 Å². The third-order valence-electron chi connectivity index (χ3n) is 4.74. The van der Waals surface area contributed by atoms with Crippen molar-refractivity contribution in [3.8, 4) is 6.07 Å². The van der Waals surface area contributed by atoms with Crippen molar-refractivity contribution in [1.29, 1.82) is 5.26 Å². The third-order valence-corrected chi connectivity index (χ3v) is 4.74. The summed E-state index contributed by atoms with van der Waals surface area (Å²) in [5.74, 6) is 0.575. The first kappa shape index (κ1) is 16.3. The molecule has 1 heterocycles. The zero-order valence-electron chi connectivity index (χ0n) is 13.8. The zero-order valence-corrected chi connectivity index (χ0v) is 13.8. The number of rotatable bonds is 2. The molecule has 0 aromatic carbocycles. The number of piperazine rings is 1. The van der Waals surface area contributed by atoms with Gasteiger partial charge in [0, 0.05) is 44.6 Å². The molecule has 4 heteroatoms. The van der Waals surface area contributed by atoms with E-state index in [0.29, 0.717) is 18.4 Å². The zero-order chi connectivity index (χ0) is 15.5. The molecular weight excluding hydrogens is 262 g/mol. The van der Waals surface area contributed by atoms with Gasteiger partial charge in [-0.05, 0) is 31.1 Å². The predicted octanol–water partition coefficient (Wildman–Crippen LogP) is 2.65. The summed E-state index contributed by atoms with van der Waals surface area (Å²) in [5.41, 5.74) is 0.0733. The smallest absolute Gasteiger partial charge is 0.223 e. The van der Waals surface area contributed by atoms with Crippen LogP contribution in [-0.2, 0) is 4.79 Å². The van der Waals surface area contributed by atoms with Crippen LogP contribution >= 0.6 is 0 Å². The van der Waals surface area contributed by atoms with E-state index in [1.165, 1.54) is 0 Å². The average Bonchev–Trinajstić information content (AvgIpc) is 2.46. The lowest BCUT2D eigenvalue weighted by atomic mass is 9.86. The number of nitriles is 1. The molecule has 0 N–H and O–H groups in total. The van der Waals surface area contributed by atoms with Gasteiger partial charge in [0.15, 0.2) is 0 Å². The Morgan fingerprint density at radius 3 is 2.14 bits per heavy atom. The van der Waals surface area contributed by atoms with Crippen LogP contribution in [-0.4, -0.2) is 47.9 Å². The highest BCUT2D eigenvalue weighted by molar-refractivity contribution is 5.76. The second kappa shape index (κ2) is 6.79. The highest BCUT2D eigenvalue weighted by Gasteiger charge is 2.30. The molecule has 0 unspecified atom stereocenters. The van der Waals surface area contributed by atoms with Gasteiger partial charge < -0.3 is 4.90 Å². The molecule has 21 heavy (non-hydrogen) atoms. The Morgan fingerprint density at radius 2 is 1.67 bits per heavy atom. The molecule has 1 amide bonds. The van der Waals surface area contributed by atoms with Crippen LogP contribution in [0.5, 0.6) is 0 Å². The minimum absolute atomic E-state index is 0.0733. The van der Waals surface area contributed by atoms with Crippen molar-refractivity contribution in [2.75, 3.05) is 26.2 Å². The van der Waals surface area contributed by atoms with Gasteiger partial charge in [0.25, 0.3) is 0 Å². The minimum atomic E-state index is 0.0733. The first-order chi connectivity index (χ1) is 9.89. The number of hydrogen-bond acceptors (Lipinski definition) is 3. The molecular formula is C17H29N3O. The standard InChI is InChI=1S/C17H29N3O/c1-17(2,3)12-16(21)20-10-8-19(9-11-20)15-6-4-14(13-18)5-7-15/h14-15H,4-12H2,1-3H3/t14-,15-. The van der Waals surface area contributed by atoms with Crippen molar-refractivity contribution < 1.29 is 4.79 Å². The number of hydrogen-bond donors (Lipinski definition) is 0. The normalized spacial score (nSPS) is 28.2. The maximum absolute atomic E-state index is 12.2. The lowest BCUT2D eigenvalue weighted by molar-refractivity contribution is -0.135. The van der Waals surface area contributed by atoms with E-state index in [0.717, 1.165) is 51.9 Å². The largest absolute Gasteiger partial charge is 0.340 e. The van der Waals surface area contributed by atoms with Crippen LogP contribution in [0.1, 0.15) is 52.9 Å².